The van der Waals surface area contributed by atoms with E-state index < -0.39 is 0 Å². The lowest BCUT2D eigenvalue weighted by molar-refractivity contribution is -0.118. The monoisotopic (exact) mass is 448 g/mol. The molecule has 4 rings (SSSR count). The summed E-state index contributed by atoms with van der Waals surface area (Å²) in [4.78, 5) is 12.4. The molecule has 0 aliphatic rings. The van der Waals surface area contributed by atoms with Crippen molar-refractivity contribution in [2.24, 2.45) is 0 Å². The third-order valence-electron chi connectivity index (χ3n) is 4.68. The summed E-state index contributed by atoms with van der Waals surface area (Å²) < 4.78 is 2.01. The van der Waals surface area contributed by atoms with Crippen LogP contribution in [-0.4, -0.2) is 26.4 Å². The van der Waals surface area contributed by atoms with Crippen LogP contribution in [0.1, 0.15) is 11.1 Å². The highest BCUT2D eigenvalue weighted by Crippen LogP contribution is 2.30. The molecule has 4 aromatic rings. The molecule has 1 amide bonds. The largest absolute Gasteiger partial charge is 0.351 e. The number of thioether (sulfide) groups is 1. The SMILES string of the molecule is O=C(CSc1nnc(-c2ccccc2Cl)n1Cc1ccccc1)NCc1ccccc1. The van der Waals surface area contributed by atoms with Crippen molar-refractivity contribution < 1.29 is 4.79 Å². The summed E-state index contributed by atoms with van der Waals surface area (Å²) in [5, 5.41) is 13.0. The maximum absolute atomic E-state index is 12.4. The lowest BCUT2D eigenvalue weighted by atomic mass is 10.2. The number of nitrogens with one attached hydrogen (secondary N) is 1. The van der Waals surface area contributed by atoms with Crippen LogP contribution in [0.15, 0.2) is 90.1 Å². The van der Waals surface area contributed by atoms with Crippen molar-refractivity contribution in [1.29, 1.82) is 0 Å². The van der Waals surface area contributed by atoms with Crippen molar-refractivity contribution in [3.63, 3.8) is 0 Å². The van der Waals surface area contributed by atoms with Crippen molar-refractivity contribution in [1.82, 2.24) is 20.1 Å². The van der Waals surface area contributed by atoms with Gasteiger partial charge in [0.1, 0.15) is 0 Å². The number of halogens is 1. The zero-order valence-corrected chi connectivity index (χ0v) is 18.3. The second-order valence-corrected chi connectivity index (χ2v) is 8.26. The van der Waals surface area contributed by atoms with Crippen LogP contribution in [0.3, 0.4) is 0 Å². The fourth-order valence-electron chi connectivity index (χ4n) is 3.12. The highest BCUT2D eigenvalue weighted by molar-refractivity contribution is 7.99. The number of amides is 1. The number of hydrogen-bond acceptors (Lipinski definition) is 4. The molecule has 5 nitrogen and oxygen atoms in total. The van der Waals surface area contributed by atoms with E-state index in [0.29, 0.717) is 29.1 Å². The van der Waals surface area contributed by atoms with Crippen molar-refractivity contribution in [2.75, 3.05) is 5.75 Å². The molecule has 0 aliphatic heterocycles. The van der Waals surface area contributed by atoms with Crippen LogP contribution >= 0.6 is 23.4 Å². The predicted octanol–water partition coefficient (Wildman–Crippen LogP) is 5.06. The molecular formula is C24H21ClN4OS. The smallest absolute Gasteiger partial charge is 0.230 e. The van der Waals surface area contributed by atoms with Crippen molar-refractivity contribution >= 4 is 29.3 Å². The molecule has 3 aromatic carbocycles. The maximum atomic E-state index is 12.4. The summed E-state index contributed by atoms with van der Waals surface area (Å²) in [6.07, 6.45) is 0. The van der Waals surface area contributed by atoms with Crippen LogP contribution in [0, 0.1) is 0 Å². The van der Waals surface area contributed by atoms with E-state index in [0.717, 1.165) is 16.7 Å². The molecule has 0 atom stereocenters. The summed E-state index contributed by atoms with van der Waals surface area (Å²) in [5.74, 6) is 0.881. The number of carbonyl (C=O) groups is 1. The third kappa shape index (κ3) is 5.54. The van der Waals surface area contributed by atoms with Crippen molar-refractivity contribution in [3.8, 4) is 11.4 Å². The standard InChI is InChI=1S/C24H21ClN4OS/c25-21-14-8-7-13-20(21)23-27-28-24(29(23)16-19-11-5-2-6-12-19)31-17-22(30)26-15-18-9-3-1-4-10-18/h1-14H,15-17H2,(H,26,30). The van der Waals surface area contributed by atoms with E-state index in [1.807, 2.05) is 77.4 Å². The summed E-state index contributed by atoms with van der Waals surface area (Å²) in [5.41, 5.74) is 2.99. The second kappa shape index (κ2) is 10.3. The highest BCUT2D eigenvalue weighted by atomic mass is 35.5. The van der Waals surface area contributed by atoms with Crippen molar-refractivity contribution in [3.05, 3.63) is 101 Å². The molecular weight excluding hydrogens is 428 g/mol. The van der Waals surface area contributed by atoms with Crippen LogP contribution < -0.4 is 5.32 Å². The fraction of sp³-hybridized carbons (Fsp3) is 0.125. The van der Waals surface area contributed by atoms with E-state index in [9.17, 15) is 4.79 Å². The van der Waals surface area contributed by atoms with Crippen LogP contribution in [-0.2, 0) is 17.9 Å². The molecule has 31 heavy (non-hydrogen) atoms. The fourth-order valence-corrected chi connectivity index (χ4v) is 4.11. The Morgan fingerprint density at radius 1 is 0.871 bits per heavy atom. The summed E-state index contributed by atoms with van der Waals surface area (Å²) >= 11 is 7.78. The minimum Gasteiger partial charge on any atom is -0.351 e. The Morgan fingerprint density at radius 3 is 2.23 bits per heavy atom. The third-order valence-corrected chi connectivity index (χ3v) is 5.98. The summed E-state index contributed by atoms with van der Waals surface area (Å²) in [6.45, 7) is 1.09. The van der Waals surface area contributed by atoms with Gasteiger partial charge >= 0.3 is 0 Å². The molecule has 0 unspecified atom stereocenters. The molecule has 0 radical (unpaired) electrons. The molecule has 0 saturated carbocycles. The molecule has 0 aliphatic carbocycles. The average Bonchev–Trinajstić information content (AvgIpc) is 3.20. The molecule has 1 heterocycles. The van der Waals surface area contributed by atoms with Gasteiger partial charge in [0.25, 0.3) is 0 Å². The van der Waals surface area contributed by atoms with Gasteiger partial charge in [0, 0.05) is 12.1 Å². The number of hydrogen-bond donors (Lipinski definition) is 1. The zero-order valence-electron chi connectivity index (χ0n) is 16.7. The molecule has 0 bridgehead atoms. The van der Waals surface area contributed by atoms with E-state index in [1.54, 1.807) is 0 Å². The van der Waals surface area contributed by atoms with Crippen LogP contribution in [0.5, 0.6) is 0 Å². The molecule has 7 heteroatoms. The molecule has 0 spiro atoms. The van der Waals surface area contributed by atoms with E-state index in [-0.39, 0.29) is 11.7 Å². The first-order chi connectivity index (χ1) is 15.2. The maximum Gasteiger partial charge on any atom is 0.230 e. The van der Waals surface area contributed by atoms with E-state index in [4.69, 9.17) is 11.6 Å². The van der Waals surface area contributed by atoms with E-state index in [1.165, 1.54) is 11.8 Å². The van der Waals surface area contributed by atoms with Gasteiger partial charge in [-0.1, -0.05) is 96.2 Å². The normalized spacial score (nSPS) is 10.7. The van der Waals surface area contributed by atoms with Gasteiger partial charge in [0.2, 0.25) is 5.91 Å². The zero-order chi connectivity index (χ0) is 21.5. The minimum absolute atomic E-state index is 0.0533. The first-order valence-corrected chi connectivity index (χ1v) is 11.2. The number of aromatic nitrogens is 3. The van der Waals surface area contributed by atoms with Gasteiger partial charge in [-0.05, 0) is 23.3 Å². The van der Waals surface area contributed by atoms with Gasteiger partial charge in [-0.25, -0.2) is 0 Å². The lowest BCUT2D eigenvalue weighted by Gasteiger charge is -2.11. The summed E-state index contributed by atoms with van der Waals surface area (Å²) in [6, 6.07) is 27.5. The van der Waals surface area contributed by atoms with Gasteiger partial charge in [-0.3, -0.25) is 9.36 Å². The van der Waals surface area contributed by atoms with Crippen molar-refractivity contribution in [2.45, 2.75) is 18.2 Å². The highest BCUT2D eigenvalue weighted by Gasteiger charge is 2.17. The molecule has 0 fully saturated rings. The average molecular weight is 449 g/mol. The predicted molar refractivity (Wildman–Crippen MR) is 125 cm³/mol. The molecule has 1 N–H and O–H groups in total. The molecule has 1 aromatic heterocycles. The number of nitrogens with zero attached hydrogens (tertiary/aromatic N) is 3. The van der Waals surface area contributed by atoms with Crippen LogP contribution in [0.25, 0.3) is 11.4 Å². The topological polar surface area (TPSA) is 59.8 Å². The Kier molecular flexibility index (Phi) is 7.02. The Labute approximate surface area is 190 Å². The molecule has 156 valence electrons. The second-order valence-electron chi connectivity index (χ2n) is 6.91. The molecule has 0 saturated heterocycles. The van der Waals surface area contributed by atoms with Gasteiger partial charge < -0.3 is 5.32 Å². The van der Waals surface area contributed by atoms with E-state index in [2.05, 4.69) is 27.6 Å². The van der Waals surface area contributed by atoms with Gasteiger partial charge in [-0.2, -0.15) is 0 Å². The minimum atomic E-state index is -0.0533. The Bertz CT molecular complexity index is 1150. The van der Waals surface area contributed by atoms with Crippen LogP contribution in [0.4, 0.5) is 0 Å². The van der Waals surface area contributed by atoms with Gasteiger partial charge in [0.05, 0.1) is 17.3 Å². The lowest BCUT2D eigenvalue weighted by Crippen LogP contribution is -2.24. The Balaban J connectivity index is 1.51. The number of benzene rings is 3. The van der Waals surface area contributed by atoms with Crippen LogP contribution in [0.2, 0.25) is 5.02 Å². The van der Waals surface area contributed by atoms with E-state index >= 15 is 0 Å². The Hall–Kier alpha value is -3.09. The first kappa shape index (κ1) is 21.2. The van der Waals surface area contributed by atoms with Gasteiger partial charge in [-0.15, -0.1) is 10.2 Å². The number of carbonyl (C=O) groups excluding carboxylic acids is 1. The van der Waals surface area contributed by atoms with Gasteiger partial charge in [0.15, 0.2) is 11.0 Å². The summed E-state index contributed by atoms with van der Waals surface area (Å²) in [7, 11) is 0. The first-order valence-electron chi connectivity index (χ1n) is 9.86. The Morgan fingerprint density at radius 2 is 1.52 bits per heavy atom. The quantitative estimate of drug-likeness (QED) is 0.383. The number of rotatable bonds is 8.